The van der Waals surface area contributed by atoms with Crippen molar-refractivity contribution in [1.82, 2.24) is 9.78 Å². The molecule has 1 aromatic carbocycles. The molecular weight excluding hydrogens is 316 g/mol. The molecule has 0 radical (unpaired) electrons. The largest absolute Gasteiger partial charge is 0.497 e. The number of nitrogens with two attached hydrogens (primary N) is 1. The number of aromatic nitrogens is 2. The van der Waals surface area contributed by atoms with Gasteiger partial charge in [-0.15, -0.1) is 0 Å². The summed E-state index contributed by atoms with van der Waals surface area (Å²) in [6, 6.07) is 5.60. The number of amides is 1. The molecule has 0 saturated carbocycles. The van der Waals surface area contributed by atoms with Crippen LogP contribution in [0.15, 0.2) is 39.7 Å². The van der Waals surface area contributed by atoms with Crippen LogP contribution >= 0.6 is 0 Å². The predicted molar refractivity (Wildman–Crippen MR) is 87.6 cm³/mol. The zero-order valence-electron chi connectivity index (χ0n) is 13.5. The van der Waals surface area contributed by atoms with Crippen LogP contribution in [0.25, 0.3) is 0 Å². The number of benzene rings is 1. The molecule has 23 heavy (non-hydrogen) atoms. The summed E-state index contributed by atoms with van der Waals surface area (Å²) >= 11 is 0. The molecule has 7 nitrogen and oxygen atoms in total. The molecule has 0 saturated heterocycles. The Bertz CT molecular complexity index is 833. The average molecular weight is 336 g/mol. The topological polar surface area (TPSA) is 99.6 Å². The van der Waals surface area contributed by atoms with Gasteiger partial charge in [0.05, 0.1) is 22.5 Å². The summed E-state index contributed by atoms with van der Waals surface area (Å²) < 4.78 is 23.2. The Kier molecular flexibility index (Phi) is 4.86. The van der Waals surface area contributed by atoms with Crippen LogP contribution in [0.4, 0.5) is 0 Å². The van der Waals surface area contributed by atoms with E-state index in [-0.39, 0.29) is 0 Å². The minimum atomic E-state index is -2.88. The summed E-state index contributed by atoms with van der Waals surface area (Å²) in [7, 11) is 0.403. The molecule has 0 aliphatic heterocycles. The van der Waals surface area contributed by atoms with Crippen molar-refractivity contribution in [1.29, 1.82) is 0 Å². The second-order valence-corrected chi connectivity index (χ2v) is 7.49. The molecule has 0 bridgehead atoms. The van der Waals surface area contributed by atoms with Gasteiger partial charge in [-0.3, -0.25) is 9.48 Å². The fourth-order valence-electron chi connectivity index (χ4n) is 2.17. The molecule has 2 atom stereocenters. The predicted octanol–water partition coefficient (Wildman–Crippen LogP) is 1.42. The highest BCUT2D eigenvalue weighted by Crippen LogP contribution is 2.20. The third-order valence-electron chi connectivity index (χ3n) is 3.41. The Balaban J connectivity index is 2.32. The van der Waals surface area contributed by atoms with Crippen molar-refractivity contribution < 1.29 is 13.7 Å². The van der Waals surface area contributed by atoms with E-state index in [1.54, 1.807) is 56.2 Å². The van der Waals surface area contributed by atoms with E-state index in [2.05, 4.69) is 9.46 Å². The first kappa shape index (κ1) is 17.2. The second kappa shape index (κ2) is 6.51. The van der Waals surface area contributed by atoms with Crippen molar-refractivity contribution in [3.63, 3.8) is 0 Å². The molecule has 8 heteroatoms. The number of aryl methyl sites for hydroxylation is 2. The lowest BCUT2D eigenvalue weighted by Crippen LogP contribution is -2.21. The molecule has 2 N–H and O–H groups in total. The molecule has 0 aliphatic carbocycles. The highest BCUT2D eigenvalue weighted by Gasteiger charge is 2.21. The minimum absolute atomic E-state index is 0.446. The van der Waals surface area contributed by atoms with Crippen molar-refractivity contribution >= 4 is 15.6 Å². The van der Waals surface area contributed by atoms with E-state index in [1.807, 2.05) is 0 Å². The van der Waals surface area contributed by atoms with Crippen LogP contribution in [0.5, 0.6) is 5.75 Å². The molecule has 1 heterocycles. The van der Waals surface area contributed by atoms with Gasteiger partial charge in [0, 0.05) is 30.0 Å². The summed E-state index contributed by atoms with van der Waals surface area (Å²) in [5, 5.41) is 4.15. The highest BCUT2D eigenvalue weighted by atomic mass is 32.2. The molecular formula is C15H20N4O3S. The first-order valence-electron chi connectivity index (χ1n) is 6.90. The van der Waals surface area contributed by atoms with Crippen LogP contribution in [-0.2, 0) is 21.6 Å². The van der Waals surface area contributed by atoms with Gasteiger partial charge in [-0.25, -0.2) is 4.21 Å². The maximum Gasteiger partial charge on any atom is 0.275 e. The van der Waals surface area contributed by atoms with Crippen molar-refractivity contribution in [3.05, 3.63) is 41.7 Å². The minimum Gasteiger partial charge on any atom is -0.497 e. The third kappa shape index (κ3) is 3.77. The van der Waals surface area contributed by atoms with Crippen molar-refractivity contribution in [2.45, 2.75) is 17.9 Å². The van der Waals surface area contributed by atoms with Crippen LogP contribution in [0.3, 0.4) is 0 Å². The van der Waals surface area contributed by atoms with Gasteiger partial charge in [0.15, 0.2) is 0 Å². The highest BCUT2D eigenvalue weighted by molar-refractivity contribution is 7.93. The normalized spacial score (nSPS) is 14.8. The molecule has 2 unspecified atom stereocenters. The van der Waals surface area contributed by atoms with Gasteiger partial charge in [-0.05, 0) is 31.2 Å². The van der Waals surface area contributed by atoms with Gasteiger partial charge in [0.1, 0.15) is 11.8 Å². The zero-order valence-corrected chi connectivity index (χ0v) is 14.3. The number of hydrogen-bond donors (Lipinski definition) is 1. The van der Waals surface area contributed by atoms with E-state index in [9.17, 15) is 9.00 Å². The number of methoxy groups -OCH3 is 1. The van der Waals surface area contributed by atoms with Crippen LogP contribution in [0.2, 0.25) is 0 Å². The average Bonchev–Trinajstić information content (AvgIpc) is 2.84. The first-order chi connectivity index (χ1) is 10.7. The summed E-state index contributed by atoms with van der Waals surface area (Å²) in [6.07, 6.45) is 3.08. The Morgan fingerprint density at radius 1 is 1.39 bits per heavy atom. The Morgan fingerprint density at radius 3 is 2.48 bits per heavy atom. The van der Waals surface area contributed by atoms with E-state index < -0.39 is 21.7 Å². The summed E-state index contributed by atoms with van der Waals surface area (Å²) in [5.41, 5.74) is 7.17. The van der Waals surface area contributed by atoms with E-state index in [0.717, 1.165) is 0 Å². The number of hydrogen-bond acceptors (Lipinski definition) is 5. The molecule has 2 aromatic rings. The van der Waals surface area contributed by atoms with E-state index in [4.69, 9.17) is 10.5 Å². The second-order valence-electron chi connectivity index (χ2n) is 5.23. The van der Waals surface area contributed by atoms with Crippen LogP contribution < -0.4 is 10.5 Å². The van der Waals surface area contributed by atoms with Crippen LogP contribution in [0.1, 0.15) is 17.3 Å². The lowest BCUT2D eigenvalue weighted by molar-refractivity contribution is -0.118. The van der Waals surface area contributed by atoms with Gasteiger partial charge in [-0.1, -0.05) is 0 Å². The lowest BCUT2D eigenvalue weighted by atomic mass is 10.1. The fraction of sp³-hybridized carbons (Fsp3) is 0.333. The van der Waals surface area contributed by atoms with E-state index in [1.165, 1.54) is 6.26 Å². The Morgan fingerprint density at radius 2 is 2.00 bits per heavy atom. The van der Waals surface area contributed by atoms with Crippen LogP contribution in [0, 0.1) is 6.92 Å². The monoisotopic (exact) mass is 336 g/mol. The quantitative estimate of drug-likeness (QED) is 0.910. The Labute approximate surface area is 135 Å². The van der Waals surface area contributed by atoms with Gasteiger partial charge in [0.25, 0.3) is 5.91 Å². The number of ether oxygens (including phenoxy) is 1. The zero-order chi connectivity index (χ0) is 17.2. The fourth-order valence-corrected chi connectivity index (χ4v) is 3.37. The Hall–Kier alpha value is -2.19. The SMILES string of the molecule is COc1ccc(S(C)(=O)=NC(=O)C(N)c2cn(C)nc2C)cc1. The van der Waals surface area contributed by atoms with Gasteiger partial charge < -0.3 is 10.5 Å². The smallest absolute Gasteiger partial charge is 0.275 e. The number of carbonyl (C=O) groups is 1. The van der Waals surface area contributed by atoms with Gasteiger partial charge in [0.2, 0.25) is 0 Å². The number of rotatable bonds is 4. The molecule has 0 spiro atoms. The molecule has 0 aliphatic rings. The summed E-state index contributed by atoms with van der Waals surface area (Å²) in [4.78, 5) is 12.7. The first-order valence-corrected chi connectivity index (χ1v) is 8.82. The standard InChI is InChI=1S/C15H20N4O3S/c1-10-13(9-19(2)17-10)14(16)15(20)18-23(4,21)12-7-5-11(22-3)6-8-12/h5-9,14H,16H2,1-4H3. The van der Waals surface area contributed by atoms with Gasteiger partial charge in [-0.2, -0.15) is 9.46 Å². The molecule has 2 rings (SSSR count). The summed E-state index contributed by atoms with van der Waals surface area (Å²) in [5.74, 6) is 0.00220. The van der Waals surface area contributed by atoms with E-state index in [0.29, 0.717) is 21.9 Å². The molecule has 1 amide bonds. The van der Waals surface area contributed by atoms with Crippen LogP contribution in [-0.4, -0.2) is 33.3 Å². The van der Waals surface area contributed by atoms with Crippen molar-refractivity contribution in [2.75, 3.05) is 13.4 Å². The molecule has 1 aromatic heterocycles. The van der Waals surface area contributed by atoms with Crippen molar-refractivity contribution in [3.8, 4) is 5.75 Å². The number of carbonyl (C=O) groups excluding carboxylic acids is 1. The van der Waals surface area contributed by atoms with E-state index >= 15 is 0 Å². The third-order valence-corrected chi connectivity index (χ3v) is 5.09. The summed E-state index contributed by atoms with van der Waals surface area (Å²) in [6.45, 7) is 1.76. The maximum absolute atomic E-state index is 12.7. The maximum atomic E-state index is 12.7. The molecule has 0 fully saturated rings. The molecule has 124 valence electrons. The van der Waals surface area contributed by atoms with Crippen molar-refractivity contribution in [2.24, 2.45) is 17.1 Å². The number of nitrogens with zero attached hydrogens (tertiary/aromatic N) is 3. The lowest BCUT2D eigenvalue weighted by Gasteiger charge is -2.09. The van der Waals surface area contributed by atoms with Gasteiger partial charge >= 0.3 is 0 Å².